The summed E-state index contributed by atoms with van der Waals surface area (Å²) in [5, 5.41) is 4.27. The third kappa shape index (κ3) is 3.69. The molecule has 3 aromatic rings. The Labute approximate surface area is 158 Å². The summed E-state index contributed by atoms with van der Waals surface area (Å²) in [5.41, 5.74) is 1.71. The van der Waals surface area contributed by atoms with Crippen LogP contribution in [0.25, 0.3) is 0 Å². The highest BCUT2D eigenvalue weighted by Crippen LogP contribution is 2.32. The van der Waals surface area contributed by atoms with Crippen molar-refractivity contribution >= 4 is 5.91 Å². The maximum Gasteiger partial charge on any atom is 0.254 e. The summed E-state index contributed by atoms with van der Waals surface area (Å²) in [6.07, 6.45) is 8.24. The number of pyridine rings is 1. The van der Waals surface area contributed by atoms with Gasteiger partial charge in [0.1, 0.15) is 11.5 Å². The first-order chi connectivity index (χ1) is 13.2. The molecule has 1 aliphatic rings. The smallest absolute Gasteiger partial charge is 0.254 e. The third-order valence-electron chi connectivity index (χ3n) is 4.93. The summed E-state index contributed by atoms with van der Waals surface area (Å²) in [6.45, 7) is 0.754. The minimum Gasteiger partial charge on any atom is -0.457 e. The van der Waals surface area contributed by atoms with Crippen LogP contribution >= 0.6 is 0 Å². The molecule has 0 N–H and O–H groups in total. The summed E-state index contributed by atoms with van der Waals surface area (Å²) < 4.78 is 7.71. The monoisotopic (exact) mass is 362 g/mol. The van der Waals surface area contributed by atoms with Crippen LogP contribution in [0, 0.1) is 0 Å². The van der Waals surface area contributed by atoms with Gasteiger partial charge in [-0.2, -0.15) is 5.10 Å². The van der Waals surface area contributed by atoms with E-state index in [0.29, 0.717) is 17.1 Å². The minimum absolute atomic E-state index is 0.0288. The van der Waals surface area contributed by atoms with E-state index in [0.717, 1.165) is 31.5 Å². The molecule has 4 rings (SSSR count). The second-order valence-electron chi connectivity index (χ2n) is 6.70. The van der Waals surface area contributed by atoms with Crippen molar-refractivity contribution in [2.75, 3.05) is 6.54 Å². The second kappa shape index (κ2) is 7.61. The molecule has 6 nitrogen and oxygen atoms in total. The molecule has 1 atom stereocenters. The lowest BCUT2D eigenvalue weighted by atomic mass is 9.98. The third-order valence-corrected chi connectivity index (χ3v) is 4.93. The number of rotatable bonds is 4. The number of carbonyl (C=O) groups excluding carboxylic acids is 1. The van der Waals surface area contributed by atoms with E-state index in [1.165, 1.54) is 0 Å². The van der Waals surface area contributed by atoms with E-state index >= 15 is 0 Å². The van der Waals surface area contributed by atoms with Crippen molar-refractivity contribution in [2.45, 2.75) is 25.3 Å². The van der Waals surface area contributed by atoms with Crippen molar-refractivity contribution < 1.29 is 9.53 Å². The number of carbonyl (C=O) groups is 1. The van der Waals surface area contributed by atoms with E-state index < -0.39 is 0 Å². The molecule has 1 unspecified atom stereocenters. The Hall–Kier alpha value is -3.15. The minimum atomic E-state index is 0.0288. The quantitative estimate of drug-likeness (QED) is 0.704. The SMILES string of the molecule is Cn1nccc1C1CCCCN1C(=O)c1cccc(Oc2ccncc2)c1. The van der Waals surface area contributed by atoms with E-state index in [2.05, 4.69) is 10.1 Å². The van der Waals surface area contributed by atoms with E-state index in [1.807, 2.05) is 40.9 Å². The fourth-order valence-corrected chi connectivity index (χ4v) is 3.59. The zero-order valence-corrected chi connectivity index (χ0v) is 15.3. The summed E-state index contributed by atoms with van der Waals surface area (Å²) in [7, 11) is 1.93. The molecule has 3 heterocycles. The van der Waals surface area contributed by atoms with Gasteiger partial charge < -0.3 is 9.64 Å². The highest BCUT2D eigenvalue weighted by atomic mass is 16.5. The molecule has 27 heavy (non-hydrogen) atoms. The van der Waals surface area contributed by atoms with Gasteiger partial charge in [-0.05, 0) is 55.7 Å². The topological polar surface area (TPSA) is 60.2 Å². The number of likely N-dealkylation sites (tertiary alicyclic amines) is 1. The number of aryl methyl sites for hydroxylation is 1. The van der Waals surface area contributed by atoms with Gasteiger partial charge in [-0.25, -0.2) is 0 Å². The van der Waals surface area contributed by atoms with Crippen molar-refractivity contribution in [2.24, 2.45) is 7.05 Å². The van der Waals surface area contributed by atoms with Crippen LogP contribution < -0.4 is 4.74 Å². The van der Waals surface area contributed by atoms with Crippen LogP contribution in [0.4, 0.5) is 0 Å². The van der Waals surface area contributed by atoms with E-state index in [-0.39, 0.29) is 11.9 Å². The molecule has 0 bridgehead atoms. The molecule has 1 fully saturated rings. The highest BCUT2D eigenvalue weighted by molar-refractivity contribution is 5.95. The number of hydrogen-bond acceptors (Lipinski definition) is 4. The van der Waals surface area contributed by atoms with Gasteiger partial charge in [0.2, 0.25) is 0 Å². The molecule has 1 saturated heterocycles. The first kappa shape index (κ1) is 17.3. The Kier molecular flexibility index (Phi) is 4.87. The molecule has 1 aliphatic heterocycles. The summed E-state index contributed by atoms with van der Waals surface area (Å²) in [5.74, 6) is 1.36. The molecule has 0 aliphatic carbocycles. The molecule has 6 heteroatoms. The van der Waals surface area contributed by atoms with Gasteiger partial charge in [-0.1, -0.05) is 6.07 Å². The number of hydrogen-bond donors (Lipinski definition) is 0. The molecular weight excluding hydrogens is 340 g/mol. The number of aromatic nitrogens is 3. The fraction of sp³-hybridized carbons (Fsp3) is 0.286. The lowest BCUT2D eigenvalue weighted by Gasteiger charge is -2.36. The fourth-order valence-electron chi connectivity index (χ4n) is 3.59. The molecule has 0 saturated carbocycles. The number of piperidine rings is 1. The molecule has 1 aromatic carbocycles. The Bertz CT molecular complexity index is 923. The highest BCUT2D eigenvalue weighted by Gasteiger charge is 2.30. The van der Waals surface area contributed by atoms with Crippen molar-refractivity contribution in [3.63, 3.8) is 0 Å². The largest absolute Gasteiger partial charge is 0.457 e. The second-order valence-corrected chi connectivity index (χ2v) is 6.70. The van der Waals surface area contributed by atoms with Crippen LogP contribution in [0.2, 0.25) is 0 Å². The standard InChI is InChI=1S/C21H22N4O2/c1-24-19(10-13-23-24)20-7-2-3-14-25(20)21(26)16-5-4-6-18(15-16)27-17-8-11-22-12-9-17/h4-6,8-13,15,20H,2-3,7,14H2,1H3. The van der Waals surface area contributed by atoms with Gasteiger partial charge in [0.15, 0.2) is 0 Å². The molecule has 138 valence electrons. The number of amides is 1. The lowest BCUT2D eigenvalue weighted by Crippen LogP contribution is -2.39. The van der Waals surface area contributed by atoms with Gasteiger partial charge in [0, 0.05) is 37.7 Å². The predicted octanol–water partition coefficient (Wildman–Crippen LogP) is 3.97. The van der Waals surface area contributed by atoms with E-state index in [1.54, 1.807) is 36.8 Å². The first-order valence-electron chi connectivity index (χ1n) is 9.19. The Morgan fingerprint density at radius 2 is 1.93 bits per heavy atom. The average Bonchev–Trinajstić information content (AvgIpc) is 3.14. The number of nitrogens with zero attached hydrogens (tertiary/aromatic N) is 4. The number of benzene rings is 1. The van der Waals surface area contributed by atoms with Crippen molar-refractivity contribution in [1.82, 2.24) is 19.7 Å². The zero-order valence-electron chi connectivity index (χ0n) is 15.3. The van der Waals surface area contributed by atoms with Crippen LogP contribution in [-0.4, -0.2) is 32.1 Å². The van der Waals surface area contributed by atoms with Gasteiger partial charge in [0.05, 0.1) is 11.7 Å². The Morgan fingerprint density at radius 3 is 2.70 bits per heavy atom. The summed E-state index contributed by atoms with van der Waals surface area (Å²) in [6, 6.07) is 13.0. The van der Waals surface area contributed by atoms with Crippen LogP contribution in [0.15, 0.2) is 61.1 Å². The van der Waals surface area contributed by atoms with E-state index in [4.69, 9.17) is 4.74 Å². The van der Waals surface area contributed by atoms with Crippen LogP contribution in [-0.2, 0) is 7.05 Å². The van der Waals surface area contributed by atoms with Crippen molar-refractivity contribution in [3.05, 3.63) is 72.3 Å². The normalized spacial score (nSPS) is 16.9. The average molecular weight is 362 g/mol. The summed E-state index contributed by atoms with van der Waals surface area (Å²) >= 11 is 0. The van der Waals surface area contributed by atoms with Crippen molar-refractivity contribution in [3.8, 4) is 11.5 Å². The van der Waals surface area contributed by atoms with Gasteiger partial charge in [0.25, 0.3) is 5.91 Å². The first-order valence-corrected chi connectivity index (χ1v) is 9.19. The predicted molar refractivity (Wildman–Crippen MR) is 102 cm³/mol. The Balaban J connectivity index is 1.58. The van der Waals surface area contributed by atoms with Gasteiger partial charge in [-0.3, -0.25) is 14.5 Å². The van der Waals surface area contributed by atoms with Crippen LogP contribution in [0.1, 0.15) is 41.4 Å². The van der Waals surface area contributed by atoms with Gasteiger partial charge >= 0.3 is 0 Å². The molecule has 2 aromatic heterocycles. The maximum absolute atomic E-state index is 13.3. The molecular formula is C21H22N4O2. The van der Waals surface area contributed by atoms with Crippen molar-refractivity contribution in [1.29, 1.82) is 0 Å². The number of ether oxygens (including phenoxy) is 1. The Morgan fingerprint density at radius 1 is 1.07 bits per heavy atom. The van der Waals surface area contributed by atoms with Gasteiger partial charge in [-0.15, -0.1) is 0 Å². The molecule has 0 spiro atoms. The maximum atomic E-state index is 13.3. The summed E-state index contributed by atoms with van der Waals surface area (Å²) in [4.78, 5) is 19.2. The van der Waals surface area contributed by atoms with E-state index in [9.17, 15) is 4.79 Å². The zero-order chi connectivity index (χ0) is 18.6. The van der Waals surface area contributed by atoms with Crippen LogP contribution in [0.5, 0.6) is 11.5 Å². The molecule has 0 radical (unpaired) electrons. The van der Waals surface area contributed by atoms with Crippen LogP contribution in [0.3, 0.4) is 0 Å². The molecule has 1 amide bonds. The lowest BCUT2D eigenvalue weighted by molar-refractivity contribution is 0.0601.